The molecule has 1 atom stereocenters. The van der Waals surface area contributed by atoms with Crippen molar-refractivity contribution in [2.45, 2.75) is 19.4 Å². The van der Waals surface area contributed by atoms with E-state index < -0.39 is 27.8 Å². The lowest BCUT2D eigenvalue weighted by atomic mass is 10.2. The molecule has 6 nitrogen and oxygen atoms in total. The van der Waals surface area contributed by atoms with Crippen LogP contribution >= 0.6 is 0 Å². The summed E-state index contributed by atoms with van der Waals surface area (Å²) in [5.41, 5.74) is 5.57. The first-order valence-electron chi connectivity index (χ1n) is 5.56. The van der Waals surface area contributed by atoms with Gasteiger partial charge in [0.05, 0.1) is 18.0 Å². The molecule has 0 aliphatic heterocycles. The average molecular weight is 289 g/mol. The van der Waals surface area contributed by atoms with Gasteiger partial charge in [0.2, 0.25) is 15.9 Å². The van der Waals surface area contributed by atoms with Crippen LogP contribution in [0.3, 0.4) is 0 Å². The molecule has 0 heterocycles. The number of carbonyl (C=O) groups excluding carboxylic acids is 1. The molecule has 0 saturated carbocycles. The molecule has 1 aromatic carbocycles. The summed E-state index contributed by atoms with van der Waals surface area (Å²) in [6.07, 6.45) is 1.37. The van der Waals surface area contributed by atoms with Gasteiger partial charge in [0.1, 0.15) is 5.82 Å². The topological polar surface area (TPSA) is 101 Å². The third-order valence-electron chi connectivity index (χ3n) is 2.31. The van der Waals surface area contributed by atoms with Gasteiger partial charge in [-0.3, -0.25) is 9.52 Å². The fourth-order valence-electron chi connectivity index (χ4n) is 1.30. The second kappa shape index (κ2) is 5.98. The van der Waals surface area contributed by atoms with Gasteiger partial charge in [0, 0.05) is 5.69 Å². The van der Waals surface area contributed by atoms with Crippen LogP contribution in [-0.4, -0.2) is 26.6 Å². The Kier molecular flexibility index (Phi) is 4.84. The van der Waals surface area contributed by atoms with Gasteiger partial charge in [0.25, 0.3) is 0 Å². The average Bonchev–Trinajstić information content (AvgIpc) is 2.30. The van der Waals surface area contributed by atoms with Crippen LogP contribution in [0.2, 0.25) is 0 Å². The van der Waals surface area contributed by atoms with Gasteiger partial charge in [-0.25, -0.2) is 12.8 Å². The first-order valence-corrected chi connectivity index (χ1v) is 7.46. The Morgan fingerprint density at radius 3 is 2.63 bits per heavy atom. The molecule has 0 spiro atoms. The van der Waals surface area contributed by atoms with Crippen LogP contribution in [-0.2, 0) is 14.8 Å². The number of nitrogens with two attached hydrogens (primary N) is 1. The number of carbonyl (C=O) groups is 1. The Balaban J connectivity index is 2.93. The normalized spacial score (nSPS) is 12.8. The van der Waals surface area contributed by atoms with Crippen molar-refractivity contribution in [1.29, 1.82) is 0 Å². The van der Waals surface area contributed by atoms with Crippen LogP contribution in [0.25, 0.3) is 0 Å². The van der Waals surface area contributed by atoms with Gasteiger partial charge in [-0.1, -0.05) is 6.92 Å². The van der Waals surface area contributed by atoms with Crippen LogP contribution in [0, 0.1) is 5.82 Å². The predicted octanol–water partition coefficient (Wildman–Crippen LogP) is 0.873. The molecule has 1 rings (SSSR count). The van der Waals surface area contributed by atoms with E-state index in [0.717, 1.165) is 12.3 Å². The Bertz CT molecular complexity index is 575. The van der Waals surface area contributed by atoms with Crippen LogP contribution in [0.15, 0.2) is 18.2 Å². The van der Waals surface area contributed by atoms with Crippen molar-refractivity contribution in [3.05, 3.63) is 24.0 Å². The molecular weight excluding hydrogens is 273 g/mol. The maximum absolute atomic E-state index is 13.4. The molecule has 106 valence electrons. The SMILES string of the molecule is CC[C@@H](N)C(=O)Nc1ccc(F)c(NS(C)(=O)=O)c1. The summed E-state index contributed by atoms with van der Waals surface area (Å²) in [6, 6.07) is 2.90. The number of hydrogen-bond acceptors (Lipinski definition) is 4. The van der Waals surface area contributed by atoms with E-state index in [1.54, 1.807) is 6.92 Å². The third kappa shape index (κ3) is 4.84. The zero-order chi connectivity index (χ0) is 14.6. The molecular formula is C11H16FN3O3S. The highest BCUT2D eigenvalue weighted by atomic mass is 32.2. The lowest BCUT2D eigenvalue weighted by Gasteiger charge is -2.12. The standard InChI is InChI=1S/C11H16FN3O3S/c1-3-9(13)11(16)14-7-4-5-8(12)10(6-7)15-19(2,17)18/h4-6,9,15H,3,13H2,1-2H3,(H,14,16)/t9-/m1/s1. The van der Waals surface area contributed by atoms with Gasteiger partial charge in [0.15, 0.2) is 0 Å². The number of amides is 1. The van der Waals surface area contributed by atoms with E-state index >= 15 is 0 Å². The Labute approximate surface area is 111 Å². The van der Waals surface area contributed by atoms with Crippen LogP contribution in [0.4, 0.5) is 15.8 Å². The van der Waals surface area contributed by atoms with Gasteiger partial charge in [-0.2, -0.15) is 0 Å². The monoisotopic (exact) mass is 289 g/mol. The van der Waals surface area contributed by atoms with E-state index in [9.17, 15) is 17.6 Å². The number of anilines is 2. The molecule has 4 N–H and O–H groups in total. The van der Waals surface area contributed by atoms with Crippen molar-refractivity contribution in [2.24, 2.45) is 5.73 Å². The predicted molar refractivity (Wildman–Crippen MR) is 71.8 cm³/mol. The highest BCUT2D eigenvalue weighted by Crippen LogP contribution is 2.20. The molecule has 0 saturated heterocycles. The van der Waals surface area contributed by atoms with Gasteiger partial charge in [-0.15, -0.1) is 0 Å². The maximum Gasteiger partial charge on any atom is 0.241 e. The minimum absolute atomic E-state index is 0.231. The van der Waals surface area contributed by atoms with Crippen molar-refractivity contribution in [3.8, 4) is 0 Å². The molecule has 0 aliphatic carbocycles. The first kappa shape index (κ1) is 15.4. The van der Waals surface area contributed by atoms with Crippen molar-refractivity contribution >= 4 is 27.3 Å². The van der Waals surface area contributed by atoms with Gasteiger partial charge in [-0.05, 0) is 24.6 Å². The molecule has 1 aromatic rings. The van der Waals surface area contributed by atoms with Crippen LogP contribution in [0.5, 0.6) is 0 Å². The number of halogens is 1. The molecule has 0 unspecified atom stereocenters. The summed E-state index contributed by atoms with van der Waals surface area (Å²) in [5.74, 6) is -1.15. The van der Waals surface area contributed by atoms with Crippen molar-refractivity contribution in [1.82, 2.24) is 0 Å². The number of hydrogen-bond donors (Lipinski definition) is 3. The third-order valence-corrected chi connectivity index (χ3v) is 2.90. The zero-order valence-electron chi connectivity index (χ0n) is 10.6. The Hall–Kier alpha value is -1.67. The molecule has 0 fully saturated rings. The van der Waals surface area contributed by atoms with E-state index in [1.165, 1.54) is 12.1 Å². The van der Waals surface area contributed by atoms with Crippen LogP contribution in [0.1, 0.15) is 13.3 Å². The van der Waals surface area contributed by atoms with E-state index in [1.807, 2.05) is 4.72 Å². The lowest BCUT2D eigenvalue weighted by molar-refractivity contribution is -0.117. The summed E-state index contributed by atoms with van der Waals surface area (Å²) in [5, 5.41) is 2.48. The van der Waals surface area contributed by atoms with Gasteiger partial charge >= 0.3 is 0 Å². The number of nitrogens with one attached hydrogen (secondary N) is 2. The molecule has 0 aliphatic rings. The quantitative estimate of drug-likeness (QED) is 0.748. The summed E-state index contributed by atoms with van der Waals surface area (Å²) in [7, 11) is -3.59. The number of rotatable bonds is 5. The molecule has 1 amide bonds. The molecule has 0 radical (unpaired) electrons. The van der Waals surface area contributed by atoms with Crippen LogP contribution < -0.4 is 15.8 Å². The van der Waals surface area contributed by atoms with E-state index in [4.69, 9.17) is 5.73 Å². The van der Waals surface area contributed by atoms with E-state index in [-0.39, 0.29) is 11.4 Å². The summed E-state index contributed by atoms with van der Waals surface area (Å²) < 4.78 is 37.5. The smallest absolute Gasteiger partial charge is 0.241 e. The van der Waals surface area contributed by atoms with E-state index in [0.29, 0.717) is 6.42 Å². The first-order chi connectivity index (χ1) is 8.73. The molecule has 0 bridgehead atoms. The van der Waals surface area contributed by atoms with Crippen molar-refractivity contribution in [2.75, 3.05) is 16.3 Å². The zero-order valence-corrected chi connectivity index (χ0v) is 11.4. The number of benzene rings is 1. The van der Waals surface area contributed by atoms with Crippen molar-refractivity contribution < 1.29 is 17.6 Å². The Morgan fingerprint density at radius 2 is 2.11 bits per heavy atom. The fourth-order valence-corrected chi connectivity index (χ4v) is 1.86. The second-order valence-electron chi connectivity index (χ2n) is 4.07. The van der Waals surface area contributed by atoms with Gasteiger partial charge < -0.3 is 11.1 Å². The molecule has 8 heteroatoms. The highest BCUT2D eigenvalue weighted by molar-refractivity contribution is 7.92. The fraction of sp³-hybridized carbons (Fsp3) is 0.364. The summed E-state index contributed by atoms with van der Waals surface area (Å²) in [6.45, 7) is 1.76. The minimum atomic E-state index is -3.59. The largest absolute Gasteiger partial charge is 0.325 e. The highest BCUT2D eigenvalue weighted by Gasteiger charge is 2.13. The Morgan fingerprint density at radius 1 is 1.47 bits per heavy atom. The maximum atomic E-state index is 13.4. The summed E-state index contributed by atoms with van der Waals surface area (Å²) in [4.78, 5) is 11.6. The van der Waals surface area contributed by atoms with Crippen molar-refractivity contribution in [3.63, 3.8) is 0 Å². The molecule has 19 heavy (non-hydrogen) atoms. The minimum Gasteiger partial charge on any atom is -0.325 e. The second-order valence-corrected chi connectivity index (χ2v) is 5.82. The summed E-state index contributed by atoms with van der Waals surface area (Å²) >= 11 is 0. The van der Waals surface area contributed by atoms with E-state index in [2.05, 4.69) is 5.32 Å². The number of sulfonamides is 1. The molecule has 0 aromatic heterocycles. The lowest BCUT2D eigenvalue weighted by Crippen LogP contribution is -2.34.